The van der Waals surface area contributed by atoms with E-state index < -0.39 is 0 Å². The molecule has 0 bridgehead atoms. The summed E-state index contributed by atoms with van der Waals surface area (Å²) < 4.78 is 10.7. The third-order valence-electron chi connectivity index (χ3n) is 3.30. The quantitative estimate of drug-likeness (QED) is 0.904. The topological polar surface area (TPSA) is 30.5 Å². The number of ether oxygens (including phenoxy) is 2. The zero-order chi connectivity index (χ0) is 14.5. The highest BCUT2D eigenvalue weighted by atomic mass is 16.5. The minimum Gasteiger partial charge on any atom is -0.497 e. The molecule has 3 nitrogen and oxygen atoms in total. The van der Waals surface area contributed by atoms with Crippen LogP contribution in [0, 0.1) is 6.92 Å². The lowest BCUT2D eigenvalue weighted by Crippen LogP contribution is -2.06. The molecule has 2 aromatic rings. The summed E-state index contributed by atoms with van der Waals surface area (Å²) in [6, 6.07) is 12.4. The molecule has 0 heterocycles. The number of hydrogen-bond donors (Lipinski definition) is 1. The van der Waals surface area contributed by atoms with Crippen LogP contribution >= 0.6 is 0 Å². The maximum absolute atomic E-state index is 5.35. The van der Waals surface area contributed by atoms with Gasteiger partial charge in [0.1, 0.15) is 11.5 Å². The second kappa shape index (κ2) is 6.44. The van der Waals surface area contributed by atoms with Crippen LogP contribution in [-0.2, 0) is 6.54 Å². The van der Waals surface area contributed by atoms with Crippen molar-refractivity contribution >= 4 is 0 Å². The largest absolute Gasteiger partial charge is 0.497 e. The van der Waals surface area contributed by atoms with E-state index in [9.17, 15) is 0 Å². The fourth-order valence-electron chi connectivity index (χ4n) is 2.27. The average molecular weight is 271 g/mol. The summed E-state index contributed by atoms with van der Waals surface area (Å²) in [5.41, 5.74) is 4.81. The van der Waals surface area contributed by atoms with Gasteiger partial charge in [-0.2, -0.15) is 0 Å². The normalized spacial score (nSPS) is 10.4. The molecule has 0 spiro atoms. The van der Waals surface area contributed by atoms with E-state index in [2.05, 4.69) is 30.4 Å². The van der Waals surface area contributed by atoms with Gasteiger partial charge in [0.15, 0.2) is 0 Å². The summed E-state index contributed by atoms with van der Waals surface area (Å²) in [6.45, 7) is 2.93. The monoisotopic (exact) mass is 271 g/mol. The van der Waals surface area contributed by atoms with Crippen LogP contribution in [0.3, 0.4) is 0 Å². The molecule has 1 N–H and O–H groups in total. The average Bonchev–Trinajstić information content (AvgIpc) is 2.48. The van der Waals surface area contributed by atoms with Crippen molar-refractivity contribution in [1.29, 1.82) is 0 Å². The second-order valence-electron chi connectivity index (χ2n) is 4.79. The maximum atomic E-state index is 5.35. The molecule has 106 valence electrons. The molecule has 0 saturated heterocycles. The lowest BCUT2D eigenvalue weighted by Gasteiger charge is -2.13. The molecule has 0 aromatic heterocycles. The first kappa shape index (κ1) is 14.4. The van der Waals surface area contributed by atoms with Crippen LogP contribution in [0.1, 0.15) is 11.1 Å². The fourth-order valence-corrected chi connectivity index (χ4v) is 2.27. The van der Waals surface area contributed by atoms with Gasteiger partial charge in [-0.15, -0.1) is 0 Å². The summed E-state index contributed by atoms with van der Waals surface area (Å²) in [5.74, 6) is 1.60. The molecule has 0 radical (unpaired) electrons. The Labute approximate surface area is 120 Å². The molecule has 0 aliphatic carbocycles. The Morgan fingerprint density at radius 3 is 2.15 bits per heavy atom. The van der Waals surface area contributed by atoms with Crippen LogP contribution in [0.2, 0.25) is 0 Å². The smallest absolute Gasteiger partial charge is 0.123 e. The van der Waals surface area contributed by atoms with E-state index in [4.69, 9.17) is 9.47 Å². The molecular weight excluding hydrogens is 250 g/mol. The zero-order valence-corrected chi connectivity index (χ0v) is 12.5. The van der Waals surface area contributed by atoms with Crippen LogP contribution in [0.5, 0.6) is 11.5 Å². The van der Waals surface area contributed by atoms with Gasteiger partial charge in [0.25, 0.3) is 0 Å². The summed E-state index contributed by atoms with van der Waals surface area (Å²) in [6.07, 6.45) is 0. The van der Waals surface area contributed by atoms with Crippen molar-refractivity contribution in [3.05, 3.63) is 47.5 Å². The summed E-state index contributed by atoms with van der Waals surface area (Å²) in [4.78, 5) is 0. The van der Waals surface area contributed by atoms with Crippen LogP contribution < -0.4 is 14.8 Å². The van der Waals surface area contributed by atoms with Gasteiger partial charge in [-0.25, -0.2) is 0 Å². The van der Waals surface area contributed by atoms with Gasteiger partial charge in [-0.3, -0.25) is 0 Å². The van der Waals surface area contributed by atoms with Crippen LogP contribution in [0.15, 0.2) is 36.4 Å². The first-order valence-electron chi connectivity index (χ1n) is 6.65. The van der Waals surface area contributed by atoms with Gasteiger partial charge in [0.2, 0.25) is 0 Å². The number of rotatable bonds is 5. The lowest BCUT2D eigenvalue weighted by atomic mass is 9.97. The van der Waals surface area contributed by atoms with Crippen LogP contribution in [-0.4, -0.2) is 21.3 Å². The van der Waals surface area contributed by atoms with E-state index in [0.717, 1.165) is 23.6 Å². The molecule has 2 aromatic carbocycles. The highest BCUT2D eigenvalue weighted by Gasteiger charge is 2.09. The number of hydrogen-bond acceptors (Lipinski definition) is 3. The molecule has 0 unspecified atom stereocenters. The van der Waals surface area contributed by atoms with Gasteiger partial charge >= 0.3 is 0 Å². The van der Waals surface area contributed by atoms with Crippen molar-refractivity contribution in [2.24, 2.45) is 0 Å². The van der Waals surface area contributed by atoms with Gasteiger partial charge in [0.05, 0.1) is 14.2 Å². The van der Waals surface area contributed by atoms with E-state index in [1.54, 1.807) is 14.2 Å². The first-order chi connectivity index (χ1) is 9.67. The Kier molecular flexibility index (Phi) is 4.64. The molecule has 0 fully saturated rings. The molecule has 0 amide bonds. The summed E-state index contributed by atoms with van der Waals surface area (Å²) >= 11 is 0. The summed E-state index contributed by atoms with van der Waals surface area (Å²) in [7, 11) is 5.29. The van der Waals surface area contributed by atoms with E-state index >= 15 is 0 Å². The molecular formula is C17H21NO2. The molecule has 3 heteroatoms. The maximum Gasteiger partial charge on any atom is 0.123 e. The van der Waals surface area contributed by atoms with Crippen molar-refractivity contribution in [3.63, 3.8) is 0 Å². The molecule has 20 heavy (non-hydrogen) atoms. The van der Waals surface area contributed by atoms with Crippen molar-refractivity contribution in [1.82, 2.24) is 5.32 Å². The molecule has 0 atom stereocenters. The fraction of sp³-hybridized carbons (Fsp3) is 0.294. The zero-order valence-electron chi connectivity index (χ0n) is 12.5. The first-order valence-corrected chi connectivity index (χ1v) is 6.65. The Bertz CT molecular complexity index is 571. The highest BCUT2D eigenvalue weighted by Crippen LogP contribution is 2.32. The van der Waals surface area contributed by atoms with E-state index in [-0.39, 0.29) is 0 Å². The summed E-state index contributed by atoms with van der Waals surface area (Å²) in [5, 5.41) is 3.21. The minimum atomic E-state index is 0.802. The van der Waals surface area contributed by atoms with Crippen LogP contribution in [0.4, 0.5) is 0 Å². The second-order valence-corrected chi connectivity index (χ2v) is 4.79. The van der Waals surface area contributed by atoms with Crippen LogP contribution in [0.25, 0.3) is 11.1 Å². The minimum absolute atomic E-state index is 0.802. The van der Waals surface area contributed by atoms with Gasteiger partial charge in [-0.05, 0) is 42.8 Å². The lowest BCUT2D eigenvalue weighted by molar-refractivity contribution is 0.394. The van der Waals surface area contributed by atoms with E-state index in [1.807, 2.05) is 25.2 Å². The van der Waals surface area contributed by atoms with Gasteiger partial charge in [0, 0.05) is 12.6 Å². The predicted octanol–water partition coefficient (Wildman–Crippen LogP) is 3.40. The Hall–Kier alpha value is -2.00. The highest BCUT2D eigenvalue weighted by molar-refractivity contribution is 5.71. The number of methoxy groups -OCH3 is 2. The third kappa shape index (κ3) is 3.11. The molecule has 0 aliphatic rings. The van der Waals surface area contributed by atoms with Crippen molar-refractivity contribution in [2.75, 3.05) is 21.3 Å². The standard InChI is InChI=1S/C17H21NO2/c1-12-5-6-13(11-18-2)17(7-12)14-8-15(19-3)10-16(9-14)20-4/h5-10,18H,11H2,1-4H3. The molecule has 0 aliphatic heterocycles. The Balaban J connectivity index is 2.57. The van der Waals surface area contributed by atoms with Gasteiger partial charge in [-0.1, -0.05) is 23.8 Å². The predicted molar refractivity (Wildman–Crippen MR) is 82.5 cm³/mol. The SMILES string of the molecule is CNCc1ccc(C)cc1-c1cc(OC)cc(OC)c1. The third-order valence-corrected chi connectivity index (χ3v) is 3.30. The number of benzene rings is 2. The Morgan fingerprint density at radius 2 is 1.60 bits per heavy atom. The number of aryl methyl sites for hydroxylation is 1. The molecule has 2 rings (SSSR count). The van der Waals surface area contributed by atoms with Crippen molar-refractivity contribution in [3.8, 4) is 22.6 Å². The van der Waals surface area contributed by atoms with E-state index in [1.165, 1.54) is 16.7 Å². The molecule has 0 saturated carbocycles. The van der Waals surface area contributed by atoms with Gasteiger partial charge < -0.3 is 14.8 Å². The van der Waals surface area contributed by atoms with Crippen molar-refractivity contribution in [2.45, 2.75) is 13.5 Å². The number of nitrogens with one attached hydrogen (secondary N) is 1. The Morgan fingerprint density at radius 1 is 0.950 bits per heavy atom. The van der Waals surface area contributed by atoms with Crippen molar-refractivity contribution < 1.29 is 9.47 Å². The van der Waals surface area contributed by atoms with E-state index in [0.29, 0.717) is 0 Å².